The second-order valence-corrected chi connectivity index (χ2v) is 6.78. The Morgan fingerprint density at radius 2 is 1.96 bits per heavy atom. The number of rotatable bonds is 4. The van der Waals surface area contributed by atoms with Gasteiger partial charge in [0, 0.05) is 43.8 Å². The van der Waals surface area contributed by atoms with Gasteiger partial charge in [-0.25, -0.2) is 0 Å². The molecule has 5 heteroatoms. The van der Waals surface area contributed by atoms with Crippen LogP contribution in [0.3, 0.4) is 0 Å². The number of thiophene rings is 1. The minimum absolute atomic E-state index is 0.0557. The Morgan fingerprint density at radius 3 is 2.65 bits per heavy atom. The van der Waals surface area contributed by atoms with Gasteiger partial charge in [0.25, 0.3) is 0 Å². The SMILES string of the molecule is O=C(C=Cc1ccccc1Cl)N1CCN(Cc2ccsc2)CC1. The van der Waals surface area contributed by atoms with Crippen LogP contribution in [-0.2, 0) is 11.3 Å². The molecule has 1 aliphatic heterocycles. The quantitative estimate of drug-likeness (QED) is 0.787. The average molecular weight is 347 g/mol. The van der Waals surface area contributed by atoms with Crippen LogP contribution in [0.1, 0.15) is 11.1 Å². The van der Waals surface area contributed by atoms with Crippen molar-refractivity contribution >= 4 is 34.9 Å². The van der Waals surface area contributed by atoms with E-state index in [4.69, 9.17) is 11.6 Å². The topological polar surface area (TPSA) is 23.6 Å². The first kappa shape index (κ1) is 16.2. The first-order valence-electron chi connectivity index (χ1n) is 7.67. The van der Waals surface area contributed by atoms with E-state index in [1.165, 1.54) is 5.56 Å². The molecule has 1 saturated heterocycles. The van der Waals surface area contributed by atoms with Crippen molar-refractivity contribution in [1.82, 2.24) is 9.80 Å². The molecule has 0 atom stereocenters. The van der Waals surface area contributed by atoms with Crippen molar-refractivity contribution < 1.29 is 4.79 Å². The van der Waals surface area contributed by atoms with E-state index in [1.54, 1.807) is 23.5 Å². The normalized spacial score (nSPS) is 16.1. The summed E-state index contributed by atoms with van der Waals surface area (Å²) in [6.45, 7) is 4.36. The van der Waals surface area contributed by atoms with Crippen LogP contribution in [0, 0.1) is 0 Å². The smallest absolute Gasteiger partial charge is 0.246 e. The summed E-state index contributed by atoms with van der Waals surface area (Å²) in [5.74, 6) is 0.0557. The standard InChI is InChI=1S/C18H19ClN2OS/c19-17-4-2-1-3-16(17)5-6-18(22)21-10-8-20(9-11-21)13-15-7-12-23-14-15/h1-7,12,14H,8-11,13H2. The summed E-state index contributed by atoms with van der Waals surface area (Å²) in [6.07, 6.45) is 3.41. The van der Waals surface area contributed by atoms with Gasteiger partial charge in [-0.3, -0.25) is 9.69 Å². The fourth-order valence-electron chi connectivity index (χ4n) is 2.64. The monoisotopic (exact) mass is 346 g/mol. The second-order valence-electron chi connectivity index (χ2n) is 5.59. The van der Waals surface area contributed by atoms with Gasteiger partial charge in [0.2, 0.25) is 5.91 Å². The van der Waals surface area contributed by atoms with Crippen LogP contribution in [0.25, 0.3) is 6.08 Å². The lowest BCUT2D eigenvalue weighted by Gasteiger charge is -2.34. The molecule has 0 unspecified atom stereocenters. The lowest BCUT2D eigenvalue weighted by molar-refractivity contribution is -0.127. The average Bonchev–Trinajstić information content (AvgIpc) is 3.07. The predicted octanol–water partition coefficient (Wildman–Crippen LogP) is 3.76. The summed E-state index contributed by atoms with van der Waals surface area (Å²) in [6, 6.07) is 9.70. The second kappa shape index (κ2) is 7.77. The van der Waals surface area contributed by atoms with Gasteiger partial charge in [0.1, 0.15) is 0 Å². The van der Waals surface area contributed by atoms with Crippen LogP contribution in [0.15, 0.2) is 47.2 Å². The maximum Gasteiger partial charge on any atom is 0.246 e. The highest BCUT2D eigenvalue weighted by Gasteiger charge is 2.19. The number of carbonyl (C=O) groups is 1. The number of nitrogens with zero attached hydrogens (tertiary/aromatic N) is 2. The number of hydrogen-bond donors (Lipinski definition) is 0. The molecule has 3 nitrogen and oxygen atoms in total. The third-order valence-electron chi connectivity index (χ3n) is 3.98. The third kappa shape index (κ3) is 4.44. The highest BCUT2D eigenvalue weighted by molar-refractivity contribution is 7.07. The summed E-state index contributed by atoms with van der Waals surface area (Å²) < 4.78 is 0. The highest BCUT2D eigenvalue weighted by atomic mass is 35.5. The van der Waals surface area contributed by atoms with Crippen LogP contribution in [0.2, 0.25) is 5.02 Å². The van der Waals surface area contributed by atoms with Crippen LogP contribution >= 0.6 is 22.9 Å². The minimum atomic E-state index is 0.0557. The molecule has 1 aromatic heterocycles. The van der Waals surface area contributed by atoms with Gasteiger partial charge in [-0.05, 0) is 40.1 Å². The largest absolute Gasteiger partial charge is 0.337 e. The van der Waals surface area contributed by atoms with Gasteiger partial charge in [-0.1, -0.05) is 29.8 Å². The summed E-state index contributed by atoms with van der Waals surface area (Å²) in [5, 5.41) is 4.95. The molecule has 0 aliphatic carbocycles. The number of carbonyl (C=O) groups excluding carboxylic acids is 1. The molecule has 2 heterocycles. The van der Waals surface area contributed by atoms with Gasteiger partial charge < -0.3 is 4.90 Å². The lowest BCUT2D eigenvalue weighted by Crippen LogP contribution is -2.47. The summed E-state index contributed by atoms with van der Waals surface area (Å²) in [4.78, 5) is 16.6. The number of amides is 1. The van der Waals surface area contributed by atoms with Crippen molar-refractivity contribution in [2.75, 3.05) is 26.2 Å². The zero-order valence-corrected chi connectivity index (χ0v) is 14.4. The van der Waals surface area contributed by atoms with Crippen LogP contribution in [0.5, 0.6) is 0 Å². The lowest BCUT2D eigenvalue weighted by atomic mass is 10.2. The molecular formula is C18H19ClN2OS. The van der Waals surface area contributed by atoms with Crippen molar-refractivity contribution in [1.29, 1.82) is 0 Å². The highest BCUT2D eigenvalue weighted by Crippen LogP contribution is 2.17. The van der Waals surface area contributed by atoms with E-state index < -0.39 is 0 Å². The van der Waals surface area contributed by atoms with E-state index in [-0.39, 0.29) is 5.91 Å². The Labute approximate surface area is 145 Å². The Kier molecular flexibility index (Phi) is 5.49. The van der Waals surface area contributed by atoms with Crippen molar-refractivity contribution in [3.05, 3.63) is 63.3 Å². The summed E-state index contributed by atoms with van der Waals surface area (Å²) in [7, 11) is 0. The molecule has 0 spiro atoms. The number of benzene rings is 1. The molecule has 1 fully saturated rings. The summed E-state index contributed by atoms with van der Waals surface area (Å²) in [5.41, 5.74) is 2.23. The first-order valence-corrected chi connectivity index (χ1v) is 8.99. The van der Waals surface area contributed by atoms with Gasteiger partial charge in [0.05, 0.1) is 0 Å². The molecule has 23 heavy (non-hydrogen) atoms. The third-order valence-corrected chi connectivity index (χ3v) is 5.06. The van der Waals surface area contributed by atoms with E-state index in [2.05, 4.69) is 21.7 Å². The van der Waals surface area contributed by atoms with Crippen LogP contribution in [0.4, 0.5) is 0 Å². The van der Waals surface area contributed by atoms with E-state index in [1.807, 2.05) is 29.2 Å². The maximum atomic E-state index is 12.3. The molecule has 2 aromatic rings. The van der Waals surface area contributed by atoms with Gasteiger partial charge in [0.15, 0.2) is 0 Å². The maximum absolute atomic E-state index is 12.3. The Bertz CT molecular complexity index is 676. The van der Waals surface area contributed by atoms with E-state index in [0.29, 0.717) is 5.02 Å². The molecule has 1 amide bonds. The van der Waals surface area contributed by atoms with Gasteiger partial charge >= 0.3 is 0 Å². The molecular weight excluding hydrogens is 328 g/mol. The number of hydrogen-bond acceptors (Lipinski definition) is 3. The Morgan fingerprint density at radius 1 is 1.17 bits per heavy atom. The van der Waals surface area contributed by atoms with E-state index >= 15 is 0 Å². The molecule has 0 radical (unpaired) electrons. The first-order chi connectivity index (χ1) is 11.2. The van der Waals surface area contributed by atoms with E-state index in [9.17, 15) is 4.79 Å². The molecule has 3 rings (SSSR count). The molecule has 1 aliphatic rings. The van der Waals surface area contributed by atoms with Crippen LogP contribution < -0.4 is 0 Å². The molecule has 0 saturated carbocycles. The van der Waals surface area contributed by atoms with Crippen molar-refractivity contribution in [3.63, 3.8) is 0 Å². The van der Waals surface area contributed by atoms with Crippen molar-refractivity contribution in [2.24, 2.45) is 0 Å². The van der Waals surface area contributed by atoms with Crippen molar-refractivity contribution in [3.8, 4) is 0 Å². The van der Waals surface area contributed by atoms with Gasteiger partial charge in [-0.2, -0.15) is 11.3 Å². The predicted molar refractivity (Wildman–Crippen MR) is 96.7 cm³/mol. The molecule has 0 bridgehead atoms. The number of piperazine rings is 1. The summed E-state index contributed by atoms with van der Waals surface area (Å²) >= 11 is 7.83. The minimum Gasteiger partial charge on any atom is -0.337 e. The zero-order valence-electron chi connectivity index (χ0n) is 12.8. The molecule has 1 aromatic carbocycles. The molecule has 0 N–H and O–H groups in total. The Balaban J connectivity index is 1.51. The number of halogens is 1. The van der Waals surface area contributed by atoms with Crippen molar-refractivity contribution in [2.45, 2.75) is 6.54 Å². The fourth-order valence-corrected chi connectivity index (χ4v) is 3.50. The molecule has 120 valence electrons. The van der Waals surface area contributed by atoms with Gasteiger partial charge in [-0.15, -0.1) is 0 Å². The van der Waals surface area contributed by atoms with E-state index in [0.717, 1.165) is 38.3 Å². The Hall–Kier alpha value is -1.62. The zero-order chi connectivity index (χ0) is 16.1. The fraction of sp³-hybridized carbons (Fsp3) is 0.278. The van der Waals surface area contributed by atoms with Crippen LogP contribution in [-0.4, -0.2) is 41.9 Å².